The number of aromatic nitrogens is 1. The van der Waals surface area contributed by atoms with Gasteiger partial charge in [-0.2, -0.15) is 0 Å². The Morgan fingerprint density at radius 2 is 1.94 bits per heavy atom. The van der Waals surface area contributed by atoms with Crippen LogP contribution < -0.4 is 4.74 Å². The van der Waals surface area contributed by atoms with Crippen molar-refractivity contribution >= 4 is 12.1 Å². The van der Waals surface area contributed by atoms with Crippen LogP contribution in [-0.2, 0) is 16.1 Å². The topological polar surface area (TPSA) is 102 Å². The second-order valence-corrected chi connectivity index (χ2v) is 9.21. The molecular formula is C27H30N2O6. The lowest BCUT2D eigenvalue weighted by Gasteiger charge is -2.18. The predicted molar refractivity (Wildman–Crippen MR) is 129 cm³/mol. The molecule has 8 heteroatoms. The molecule has 2 heterocycles. The molecule has 1 aliphatic rings. The molecule has 1 amide bonds. The van der Waals surface area contributed by atoms with Crippen molar-refractivity contribution in [3.05, 3.63) is 72.1 Å². The van der Waals surface area contributed by atoms with Crippen LogP contribution in [0.2, 0.25) is 0 Å². The lowest BCUT2D eigenvalue weighted by molar-refractivity contribution is -0.138. The van der Waals surface area contributed by atoms with Gasteiger partial charge in [-0.15, -0.1) is 0 Å². The zero-order valence-electron chi connectivity index (χ0n) is 19.9. The fourth-order valence-electron chi connectivity index (χ4n) is 4.24. The molecule has 8 nitrogen and oxygen atoms in total. The predicted octanol–water partition coefficient (Wildman–Crippen LogP) is 5.20. The zero-order chi connectivity index (χ0) is 24.8. The number of carboxylic acids is 1. The molecule has 1 aliphatic heterocycles. The first-order valence-electron chi connectivity index (χ1n) is 11.7. The summed E-state index contributed by atoms with van der Waals surface area (Å²) >= 11 is 0. The van der Waals surface area contributed by atoms with E-state index in [1.807, 2.05) is 68.4 Å². The number of carbonyl (C=O) groups excluding carboxylic acids is 1. The van der Waals surface area contributed by atoms with Crippen LogP contribution in [0.15, 0.2) is 65.3 Å². The molecule has 0 saturated carbocycles. The summed E-state index contributed by atoms with van der Waals surface area (Å²) in [4.78, 5) is 30.1. The molecule has 3 aromatic rings. The minimum atomic E-state index is -0.884. The highest BCUT2D eigenvalue weighted by molar-refractivity contribution is 5.70. The molecule has 2 atom stereocenters. The van der Waals surface area contributed by atoms with Crippen molar-refractivity contribution in [1.82, 2.24) is 9.88 Å². The largest absolute Gasteiger partial charge is 0.487 e. The number of ether oxygens (including phenoxy) is 2. The average Bonchev–Trinajstić information content (AvgIpc) is 3.49. The van der Waals surface area contributed by atoms with Crippen molar-refractivity contribution in [1.29, 1.82) is 0 Å². The maximum Gasteiger partial charge on any atom is 0.409 e. The molecule has 35 heavy (non-hydrogen) atoms. The maximum absolute atomic E-state index is 12.5. The quantitative estimate of drug-likeness (QED) is 0.451. The first-order valence-corrected chi connectivity index (χ1v) is 11.7. The van der Waals surface area contributed by atoms with Gasteiger partial charge in [0.2, 0.25) is 5.89 Å². The van der Waals surface area contributed by atoms with E-state index in [4.69, 9.17) is 13.9 Å². The Morgan fingerprint density at radius 1 is 1.14 bits per heavy atom. The van der Waals surface area contributed by atoms with Crippen LogP contribution in [0.4, 0.5) is 4.79 Å². The number of likely N-dealkylation sites (tertiary alicyclic amines) is 1. The van der Waals surface area contributed by atoms with Gasteiger partial charge in [-0.05, 0) is 41.7 Å². The molecule has 1 aromatic heterocycles. The molecule has 1 saturated heterocycles. The number of benzene rings is 2. The van der Waals surface area contributed by atoms with Gasteiger partial charge < -0.3 is 23.9 Å². The van der Waals surface area contributed by atoms with Gasteiger partial charge in [0.25, 0.3) is 0 Å². The summed E-state index contributed by atoms with van der Waals surface area (Å²) in [5.41, 5.74) is 2.49. The van der Waals surface area contributed by atoms with Crippen LogP contribution in [0.5, 0.6) is 5.75 Å². The van der Waals surface area contributed by atoms with E-state index in [0.29, 0.717) is 37.0 Å². The summed E-state index contributed by atoms with van der Waals surface area (Å²) in [6.45, 7) is 5.26. The summed E-state index contributed by atoms with van der Waals surface area (Å²) in [6, 6.07) is 17.2. The van der Waals surface area contributed by atoms with Gasteiger partial charge in [-0.3, -0.25) is 4.79 Å². The summed E-state index contributed by atoms with van der Waals surface area (Å²) in [5, 5.41) is 9.41. The molecule has 0 radical (unpaired) electrons. The van der Waals surface area contributed by atoms with Gasteiger partial charge in [0, 0.05) is 24.6 Å². The van der Waals surface area contributed by atoms with Crippen molar-refractivity contribution in [3.8, 4) is 17.2 Å². The Hall–Kier alpha value is -3.81. The number of amides is 1. The van der Waals surface area contributed by atoms with E-state index in [9.17, 15) is 14.7 Å². The molecule has 0 bridgehead atoms. The second kappa shape index (κ2) is 11.1. The molecule has 0 aliphatic carbocycles. The number of aliphatic carboxylic acids is 1. The normalized spacial score (nSPS) is 17.5. The Bertz CT molecular complexity index is 1140. The van der Waals surface area contributed by atoms with E-state index in [2.05, 4.69) is 4.98 Å². The second-order valence-electron chi connectivity index (χ2n) is 9.21. The SMILES string of the molecule is CC(C)COC(=O)N1C[C@H](CC(=O)O)[C@H](c2cccc(OCc3coc(-c4ccccc4)n3)c2)C1. The lowest BCUT2D eigenvalue weighted by atomic mass is 9.87. The Balaban J connectivity index is 1.43. The fourth-order valence-corrected chi connectivity index (χ4v) is 4.24. The van der Waals surface area contributed by atoms with Crippen LogP contribution in [0.3, 0.4) is 0 Å². The first-order chi connectivity index (χ1) is 16.9. The van der Waals surface area contributed by atoms with Crippen LogP contribution in [0.1, 0.15) is 37.4 Å². The average molecular weight is 479 g/mol. The van der Waals surface area contributed by atoms with Crippen LogP contribution in [-0.4, -0.2) is 46.7 Å². The van der Waals surface area contributed by atoms with Crippen LogP contribution in [0, 0.1) is 11.8 Å². The molecule has 0 spiro atoms. The van der Waals surface area contributed by atoms with Gasteiger partial charge in [0.1, 0.15) is 24.3 Å². The van der Waals surface area contributed by atoms with E-state index in [1.165, 1.54) is 0 Å². The van der Waals surface area contributed by atoms with Gasteiger partial charge in [-0.25, -0.2) is 9.78 Å². The molecule has 4 rings (SSSR count). The van der Waals surface area contributed by atoms with Crippen LogP contribution in [0.25, 0.3) is 11.5 Å². The lowest BCUT2D eigenvalue weighted by Crippen LogP contribution is -2.30. The number of rotatable bonds is 9. The van der Waals surface area contributed by atoms with Gasteiger partial charge in [0.05, 0.1) is 13.0 Å². The summed E-state index contributed by atoms with van der Waals surface area (Å²) in [7, 11) is 0. The summed E-state index contributed by atoms with van der Waals surface area (Å²) < 4.78 is 16.9. The number of oxazole rings is 1. The van der Waals surface area contributed by atoms with E-state index in [-0.39, 0.29) is 30.8 Å². The third-order valence-corrected chi connectivity index (χ3v) is 5.92. The van der Waals surface area contributed by atoms with Crippen LogP contribution >= 0.6 is 0 Å². The van der Waals surface area contributed by atoms with Gasteiger partial charge >= 0.3 is 12.1 Å². The van der Waals surface area contributed by atoms with E-state index < -0.39 is 12.1 Å². The van der Waals surface area contributed by atoms with E-state index >= 15 is 0 Å². The zero-order valence-corrected chi connectivity index (χ0v) is 19.9. The minimum absolute atomic E-state index is 0.0229. The summed E-state index contributed by atoms with van der Waals surface area (Å²) in [6.07, 6.45) is 1.15. The molecular weight excluding hydrogens is 448 g/mol. The Labute approximate surface area is 204 Å². The number of hydrogen-bond acceptors (Lipinski definition) is 6. The van der Waals surface area contributed by atoms with Crippen molar-refractivity contribution in [3.63, 3.8) is 0 Å². The van der Waals surface area contributed by atoms with Crippen molar-refractivity contribution in [2.45, 2.75) is 32.8 Å². The third kappa shape index (κ3) is 6.41. The Kier molecular flexibility index (Phi) is 7.70. The van der Waals surface area contributed by atoms with E-state index in [0.717, 1.165) is 11.1 Å². The monoisotopic (exact) mass is 478 g/mol. The highest BCUT2D eigenvalue weighted by atomic mass is 16.6. The first kappa shape index (κ1) is 24.3. The van der Waals surface area contributed by atoms with Crippen molar-refractivity contribution < 1.29 is 28.6 Å². The number of nitrogens with zero attached hydrogens (tertiary/aromatic N) is 2. The molecule has 2 aromatic carbocycles. The number of carboxylic acid groups (broad SMARTS) is 1. The minimum Gasteiger partial charge on any atom is -0.487 e. The number of carbonyl (C=O) groups is 2. The fraction of sp³-hybridized carbons (Fsp3) is 0.370. The highest BCUT2D eigenvalue weighted by Gasteiger charge is 2.38. The molecule has 1 N–H and O–H groups in total. The highest BCUT2D eigenvalue weighted by Crippen LogP contribution is 2.36. The third-order valence-electron chi connectivity index (χ3n) is 5.92. The molecule has 1 fully saturated rings. The Morgan fingerprint density at radius 3 is 2.69 bits per heavy atom. The molecule has 184 valence electrons. The molecule has 0 unspecified atom stereocenters. The van der Waals surface area contributed by atoms with Crippen molar-refractivity contribution in [2.24, 2.45) is 11.8 Å². The van der Waals surface area contributed by atoms with Crippen molar-refractivity contribution in [2.75, 3.05) is 19.7 Å². The smallest absolute Gasteiger partial charge is 0.409 e. The summed E-state index contributed by atoms with van der Waals surface area (Å²) in [5.74, 6) is 0.183. The van der Waals surface area contributed by atoms with Gasteiger partial charge in [-0.1, -0.05) is 44.2 Å². The van der Waals surface area contributed by atoms with Gasteiger partial charge in [0.15, 0.2) is 0 Å². The number of hydrogen-bond donors (Lipinski definition) is 1. The van der Waals surface area contributed by atoms with E-state index in [1.54, 1.807) is 11.2 Å². The maximum atomic E-state index is 12.5. The standard InChI is InChI=1S/C27H30N2O6/c1-18(2)15-35-27(32)29-13-21(12-25(30)31)24(14-29)20-9-6-10-23(11-20)33-16-22-17-34-26(28-22)19-7-4-3-5-8-19/h3-11,17-18,21,24H,12-16H2,1-2H3,(H,30,31)/t21-,24-/m0/s1.